The standard InChI is InChI=1S/C18H18O3/c1-10-5-6-14-12(7-10)16-15(21-18(14,3)4)8-11(2)13(9-19)17(16)20/h5-9,20H,1-4H3. The molecule has 0 aliphatic carbocycles. The molecule has 0 amide bonds. The summed E-state index contributed by atoms with van der Waals surface area (Å²) in [5.74, 6) is 0.626. The van der Waals surface area contributed by atoms with Crippen LogP contribution in [0.25, 0.3) is 11.1 Å². The molecule has 108 valence electrons. The van der Waals surface area contributed by atoms with Gasteiger partial charge in [-0.05, 0) is 44.9 Å². The molecule has 2 aromatic rings. The Balaban J connectivity index is 2.42. The maximum atomic E-state index is 11.2. The Morgan fingerprint density at radius 2 is 1.90 bits per heavy atom. The number of fused-ring (bicyclic) bond motifs is 3. The minimum atomic E-state index is -0.475. The van der Waals surface area contributed by atoms with Crippen molar-refractivity contribution in [2.75, 3.05) is 0 Å². The van der Waals surface area contributed by atoms with Gasteiger partial charge in [-0.25, -0.2) is 0 Å². The van der Waals surface area contributed by atoms with Crippen molar-refractivity contribution in [3.05, 3.63) is 46.5 Å². The summed E-state index contributed by atoms with van der Waals surface area (Å²) in [7, 11) is 0. The minimum absolute atomic E-state index is 0.00218. The van der Waals surface area contributed by atoms with E-state index in [4.69, 9.17) is 4.74 Å². The van der Waals surface area contributed by atoms with Crippen LogP contribution in [0.1, 0.15) is 40.9 Å². The summed E-state index contributed by atoms with van der Waals surface area (Å²) in [4.78, 5) is 11.2. The Morgan fingerprint density at radius 1 is 1.19 bits per heavy atom. The molecule has 0 atom stereocenters. The fourth-order valence-electron chi connectivity index (χ4n) is 2.99. The second kappa shape index (κ2) is 4.35. The summed E-state index contributed by atoms with van der Waals surface area (Å²) in [6.45, 7) is 7.81. The molecule has 1 heterocycles. The molecule has 0 radical (unpaired) electrons. The molecule has 3 rings (SSSR count). The van der Waals surface area contributed by atoms with Crippen molar-refractivity contribution in [1.82, 2.24) is 0 Å². The van der Waals surface area contributed by atoms with Gasteiger partial charge in [0.15, 0.2) is 6.29 Å². The monoisotopic (exact) mass is 282 g/mol. The van der Waals surface area contributed by atoms with E-state index in [1.54, 1.807) is 6.92 Å². The van der Waals surface area contributed by atoms with E-state index in [1.807, 2.05) is 45.0 Å². The van der Waals surface area contributed by atoms with Crippen molar-refractivity contribution in [1.29, 1.82) is 0 Å². The Hall–Kier alpha value is -2.29. The summed E-state index contributed by atoms with van der Waals surface area (Å²) < 4.78 is 6.07. The van der Waals surface area contributed by atoms with E-state index >= 15 is 0 Å². The number of rotatable bonds is 1. The van der Waals surface area contributed by atoms with E-state index in [0.717, 1.165) is 16.7 Å². The van der Waals surface area contributed by atoms with Gasteiger partial charge in [-0.3, -0.25) is 4.79 Å². The van der Waals surface area contributed by atoms with Gasteiger partial charge in [-0.1, -0.05) is 23.8 Å². The maximum Gasteiger partial charge on any atom is 0.154 e. The predicted molar refractivity (Wildman–Crippen MR) is 82.1 cm³/mol. The molecule has 1 aliphatic rings. The number of phenols is 1. The van der Waals surface area contributed by atoms with Crippen LogP contribution in [0.3, 0.4) is 0 Å². The van der Waals surface area contributed by atoms with Gasteiger partial charge in [0.1, 0.15) is 17.1 Å². The lowest BCUT2D eigenvalue weighted by molar-refractivity contribution is 0.105. The molecule has 21 heavy (non-hydrogen) atoms. The zero-order valence-corrected chi connectivity index (χ0v) is 12.7. The number of hydrogen-bond acceptors (Lipinski definition) is 3. The van der Waals surface area contributed by atoms with Gasteiger partial charge in [-0.15, -0.1) is 0 Å². The van der Waals surface area contributed by atoms with Crippen LogP contribution in [0.2, 0.25) is 0 Å². The topological polar surface area (TPSA) is 46.5 Å². The predicted octanol–water partition coefficient (Wildman–Crippen LogP) is 4.12. The highest BCUT2D eigenvalue weighted by molar-refractivity contribution is 5.92. The van der Waals surface area contributed by atoms with Crippen LogP contribution in [0.15, 0.2) is 24.3 Å². The van der Waals surface area contributed by atoms with E-state index in [2.05, 4.69) is 0 Å². The van der Waals surface area contributed by atoms with E-state index < -0.39 is 5.60 Å². The van der Waals surface area contributed by atoms with Crippen molar-refractivity contribution in [3.8, 4) is 22.6 Å². The molecule has 3 nitrogen and oxygen atoms in total. The molecule has 0 unspecified atom stereocenters. The van der Waals surface area contributed by atoms with Crippen molar-refractivity contribution in [3.63, 3.8) is 0 Å². The molecular formula is C18H18O3. The van der Waals surface area contributed by atoms with Crippen molar-refractivity contribution in [2.24, 2.45) is 0 Å². The average Bonchev–Trinajstić information content (AvgIpc) is 2.37. The number of phenolic OH excluding ortho intramolecular Hbond substituents is 1. The zero-order chi connectivity index (χ0) is 15.4. The fraction of sp³-hybridized carbons (Fsp3) is 0.278. The smallest absolute Gasteiger partial charge is 0.154 e. The van der Waals surface area contributed by atoms with Crippen LogP contribution in [-0.2, 0) is 5.60 Å². The number of aromatic hydroxyl groups is 1. The SMILES string of the molecule is Cc1ccc2c(c1)-c1c(cc(C)c(C=O)c1O)OC2(C)C. The first-order chi connectivity index (χ1) is 9.85. The molecule has 0 saturated heterocycles. The number of aryl methyl sites for hydroxylation is 2. The molecule has 1 N–H and O–H groups in total. The van der Waals surface area contributed by atoms with Gasteiger partial charge in [0.05, 0.1) is 11.1 Å². The molecule has 0 saturated carbocycles. The van der Waals surface area contributed by atoms with Gasteiger partial charge in [0, 0.05) is 5.56 Å². The normalized spacial score (nSPS) is 14.9. The molecule has 0 fully saturated rings. The van der Waals surface area contributed by atoms with E-state index in [1.165, 1.54) is 0 Å². The number of ether oxygens (including phenoxy) is 1. The maximum absolute atomic E-state index is 11.2. The summed E-state index contributed by atoms with van der Waals surface area (Å²) in [5.41, 5.74) is 4.22. The second-order valence-electron chi connectivity index (χ2n) is 6.11. The van der Waals surface area contributed by atoms with Crippen molar-refractivity contribution in [2.45, 2.75) is 33.3 Å². The molecule has 3 heteroatoms. The number of aldehydes is 1. The van der Waals surface area contributed by atoms with Gasteiger partial charge in [0.2, 0.25) is 0 Å². The zero-order valence-electron chi connectivity index (χ0n) is 12.7. The first-order valence-corrected chi connectivity index (χ1v) is 6.97. The fourth-order valence-corrected chi connectivity index (χ4v) is 2.99. The summed E-state index contributed by atoms with van der Waals surface area (Å²) >= 11 is 0. The Labute approximate surface area is 124 Å². The Bertz CT molecular complexity index is 758. The third kappa shape index (κ3) is 1.92. The van der Waals surface area contributed by atoms with E-state index in [9.17, 15) is 9.90 Å². The van der Waals surface area contributed by atoms with Gasteiger partial charge in [-0.2, -0.15) is 0 Å². The average molecular weight is 282 g/mol. The molecule has 1 aliphatic heterocycles. The highest BCUT2D eigenvalue weighted by Crippen LogP contribution is 2.50. The lowest BCUT2D eigenvalue weighted by atomic mass is 9.83. The third-order valence-electron chi connectivity index (χ3n) is 4.09. The quantitative estimate of drug-likeness (QED) is 0.800. The molecule has 0 aromatic heterocycles. The highest BCUT2D eigenvalue weighted by atomic mass is 16.5. The molecule has 0 bridgehead atoms. The minimum Gasteiger partial charge on any atom is -0.506 e. The second-order valence-corrected chi connectivity index (χ2v) is 6.11. The number of hydrogen-bond donors (Lipinski definition) is 1. The number of carbonyl (C=O) groups is 1. The van der Waals surface area contributed by atoms with Gasteiger partial charge >= 0.3 is 0 Å². The van der Waals surface area contributed by atoms with E-state index in [-0.39, 0.29) is 5.75 Å². The van der Waals surface area contributed by atoms with E-state index in [0.29, 0.717) is 28.7 Å². The molecule has 2 aromatic carbocycles. The first kappa shape index (κ1) is 13.7. The lowest BCUT2D eigenvalue weighted by Crippen LogP contribution is -2.29. The first-order valence-electron chi connectivity index (χ1n) is 6.97. The van der Waals surface area contributed by atoms with Crippen molar-refractivity contribution < 1.29 is 14.6 Å². The largest absolute Gasteiger partial charge is 0.506 e. The molecular weight excluding hydrogens is 264 g/mol. The Kier molecular flexibility index (Phi) is 2.84. The van der Waals surface area contributed by atoms with Crippen LogP contribution in [0.4, 0.5) is 0 Å². The number of benzene rings is 2. The highest BCUT2D eigenvalue weighted by Gasteiger charge is 2.35. The number of carbonyl (C=O) groups excluding carboxylic acids is 1. The lowest BCUT2D eigenvalue weighted by Gasteiger charge is -2.35. The van der Waals surface area contributed by atoms with Crippen LogP contribution in [0, 0.1) is 13.8 Å². The van der Waals surface area contributed by atoms with Gasteiger partial charge in [0.25, 0.3) is 0 Å². The van der Waals surface area contributed by atoms with Crippen LogP contribution in [-0.4, -0.2) is 11.4 Å². The summed E-state index contributed by atoms with van der Waals surface area (Å²) in [6.07, 6.45) is 0.695. The van der Waals surface area contributed by atoms with Crippen molar-refractivity contribution >= 4 is 6.29 Å². The third-order valence-corrected chi connectivity index (χ3v) is 4.09. The van der Waals surface area contributed by atoms with Crippen LogP contribution in [0.5, 0.6) is 11.5 Å². The summed E-state index contributed by atoms with van der Waals surface area (Å²) in [5, 5.41) is 10.5. The molecule has 0 spiro atoms. The summed E-state index contributed by atoms with van der Waals surface area (Å²) in [6, 6.07) is 7.90. The van der Waals surface area contributed by atoms with Gasteiger partial charge < -0.3 is 9.84 Å². The Morgan fingerprint density at radius 3 is 2.57 bits per heavy atom. The van der Waals surface area contributed by atoms with Crippen LogP contribution >= 0.6 is 0 Å². The van der Waals surface area contributed by atoms with Crippen LogP contribution < -0.4 is 4.74 Å².